The fourth-order valence-electron chi connectivity index (χ4n) is 4.00. The molecule has 4 rings (SSSR count). The zero-order valence-electron chi connectivity index (χ0n) is 16.8. The van der Waals surface area contributed by atoms with Crippen LogP contribution in [-0.4, -0.2) is 56.8 Å². The zero-order chi connectivity index (χ0) is 20.2. The van der Waals surface area contributed by atoms with E-state index < -0.39 is 0 Å². The van der Waals surface area contributed by atoms with Gasteiger partial charge < -0.3 is 4.90 Å². The van der Waals surface area contributed by atoms with Crippen molar-refractivity contribution in [3.63, 3.8) is 0 Å². The summed E-state index contributed by atoms with van der Waals surface area (Å²) in [7, 11) is 0. The van der Waals surface area contributed by atoms with Gasteiger partial charge >= 0.3 is 0 Å². The Hall–Kier alpha value is -2.96. The Morgan fingerprint density at radius 3 is 2.66 bits per heavy atom. The van der Waals surface area contributed by atoms with E-state index >= 15 is 0 Å². The highest BCUT2D eigenvalue weighted by atomic mass is 16.2. The molecule has 2 aliphatic rings. The lowest BCUT2D eigenvalue weighted by Gasteiger charge is -2.33. The Bertz CT molecular complexity index is 905. The van der Waals surface area contributed by atoms with Crippen LogP contribution in [0.1, 0.15) is 49.3 Å². The van der Waals surface area contributed by atoms with Crippen LogP contribution in [0.3, 0.4) is 0 Å². The Morgan fingerprint density at radius 2 is 1.90 bits per heavy atom. The van der Waals surface area contributed by atoms with Crippen molar-refractivity contribution >= 4 is 17.5 Å². The molecule has 1 atom stereocenters. The third-order valence-corrected chi connectivity index (χ3v) is 5.60. The van der Waals surface area contributed by atoms with E-state index in [0.717, 1.165) is 42.6 Å². The van der Waals surface area contributed by atoms with Crippen molar-refractivity contribution in [2.75, 3.05) is 19.6 Å². The lowest BCUT2D eigenvalue weighted by Crippen LogP contribution is -2.41. The van der Waals surface area contributed by atoms with Crippen molar-refractivity contribution in [3.8, 4) is 0 Å². The number of benzene rings is 1. The van der Waals surface area contributed by atoms with Gasteiger partial charge in [-0.25, -0.2) is 5.01 Å². The van der Waals surface area contributed by atoms with E-state index in [4.69, 9.17) is 0 Å². The SMILES string of the molecule is Cc1cnn(C2CCCN(C(=O)CCC(=O)N3CCC(c4ccccc4)=N3)C2)c1. The quantitative estimate of drug-likeness (QED) is 0.784. The van der Waals surface area contributed by atoms with Gasteiger partial charge in [0, 0.05) is 38.5 Å². The topological polar surface area (TPSA) is 70.8 Å². The van der Waals surface area contributed by atoms with Crippen molar-refractivity contribution in [2.45, 2.75) is 45.1 Å². The summed E-state index contributed by atoms with van der Waals surface area (Å²) in [6, 6.07) is 10.1. The molecule has 0 bridgehead atoms. The summed E-state index contributed by atoms with van der Waals surface area (Å²) in [6.45, 7) is 4.02. The predicted octanol–water partition coefficient (Wildman–Crippen LogP) is 2.77. The van der Waals surface area contributed by atoms with Gasteiger partial charge in [-0.2, -0.15) is 10.2 Å². The maximum Gasteiger partial charge on any atom is 0.243 e. The van der Waals surface area contributed by atoms with Gasteiger partial charge in [0.1, 0.15) is 0 Å². The van der Waals surface area contributed by atoms with E-state index in [9.17, 15) is 9.59 Å². The van der Waals surface area contributed by atoms with Crippen LogP contribution in [0.5, 0.6) is 0 Å². The molecule has 0 radical (unpaired) electrons. The van der Waals surface area contributed by atoms with E-state index in [1.165, 1.54) is 5.01 Å². The van der Waals surface area contributed by atoms with E-state index in [1.807, 2.05) is 59.2 Å². The molecule has 29 heavy (non-hydrogen) atoms. The molecular weight excluding hydrogens is 366 g/mol. The summed E-state index contributed by atoms with van der Waals surface area (Å²) >= 11 is 0. The number of piperidine rings is 1. The largest absolute Gasteiger partial charge is 0.341 e. The molecule has 0 spiro atoms. The van der Waals surface area contributed by atoms with E-state index in [0.29, 0.717) is 13.1 Å². The molecular formula is C22H27N5O2. The maximum absolute atomic E-state index is 12.7. The molecule has 0 saturated carbocycles. The highest BCUT2D eigenvalue weighted by Gasteiger charge is 2.27. The summed E-state index contributed by atoms with van der Waals surface area (Å²) in [5, 5.41) is 10.4. The number of rotatable bonds is 5. The molecule has 2 aliphatic heterocycles. The Kier molecular flexibility index (Phi) is 5.74. The first-order valence-electron chi connectivity index (χ1n) is 10.3. The van der Waals surface area contributed by atoms with Crippen molar-refractivity contribution in [3.05, 3.63) is 53.9 Å². The van der Waals surface area contributed by atoms with Crippen LogP contribution in [-0.2, 0) is 9.59 Å². The van der Waals surface area contributed by atoms with Crippen molar-refractivity contribution in [1.82, 2.24) is 19.7 Å². The minimum Gasteiger partial charge on any atom is -0.341 e. The number of hydrogen-bond donors (Lipinski definition) is 0. The number of nitrogens with zero attached hydrogens (tertiary/aromatic N) is 5. The first-order chi connectivity index (χ1) is 14.1. The summed E-state index contributed by atoms with van der Waals surface area (Å²) in [5.41, 5.74) is 3.10. The lowest BCUT2D eigenvalue weighted by atomic mass is 10.1. The average Bonchev–Trinajstić information content (AvgIpc) is 3.42. The Balaban J connectivity index is 1.29. The molecule has 1 aromatic carbocycles. The monoisotopic (exact) mass is 393 g/mol. The summed E-state index contributed by atoms with van der Waals surface area (Å²) in [4.78, 5) is 27.1. The smallest absolute Gasteiger partial charge is 0.243 e. The number of aromatic nitrogens is 2. The molecule has 1 unspecified atom stereocenters. The molecule has 2 aromatic rings. The van der Waals surface area contributed by atoms with Gasteiger partial charge in [-0.05, 0) is 30.9 Å². The zero-order valence-corrected chi connectivity index (χ0v) is 16.8. The van der Waals surface area contributed by atoms with Gasteiger partial charge in [0.25, 0.3) is 0 Å². The first-order valence-corrected chi connectivity index (χ1v) is 10.3. The number of carbonyl (C=O) groups excluding carboxylic acids is 2. The highest BCUT2D eigenvalue weighted by molar-refractivity contribution is 6.02. The first kappa shape index (κ1) is 19.4. The van der Waals surface area contributed by atoms with Crippen molar-refractivity contribution in [2.24, 2.45) is 5.10 Å². The number of likely N-dealkylation sites (tertiary alicyclic amines) is 1. The van der Waals surface area contributed by atoms with E-state index in [2.05, 4.69) is 10.2 Å². The molecule has 1 saturated heterocycles. The van der Waals surface area contributed by atoms with Crippen molar-refractivity contribution in [1.29, 1.82) is 0 Å². The lowest BCUT2D eigenvalue weighted by molar-refractivity contribution is -0.137. The molecule has 7 heteroatoms. The molecule has 1 aromatic heterocycles. The summed E-state index contributed by atoms with van der Waals surface area (Å²) in [5.74, 6) is -0.0427. The second-order valence-corrected chi connectivity index (χ2v) is 7.81. The minimum absolute atomic E-state index is 0.0402. The number of hydrogen-bond acceptors (Lipinski definition) is 4. The molecule has 0 N–H and O–H groups in total. The van der Waals surface area contributed by atoms with Crippen LogP contribution in [0.4, 0.5) is 0 Å². The van der Waals surface area contributed by atoms with Crippen LogP contribution >= 0.6 is 0 Å². The Morgan fingerprint density at radius 1 is 1.10 bits per heavy atom. The number of hydrazone groups is 1. The molecule has 7 nitrogen and oxygen atoms in total. The molecule has 1 fully saturated rings. The standard InChI is InChI=1S/C22H27N5O2/c1-17-14-23-27(15-17)19-8-5-12-25(16-19)21(28)9-10-22(29)26-13-11-20(24-26)18-6-3-2-4-7-18/h2-4,6-7,14-15,19H,5,8-13,16H2,1H3. The van der Waals surface area contributed by atoms with Gasteiger partial charge in [-0.1, -0.05) is 30.3 Å². The molecule has 3 heterocycles. The van der Waals surface area contributed by atoms with Crippen LogP contribution in [0.2, 0.25) is 0 Å². The fourth-order valence-corrected chi connectivity index (χ4v) is 4.00. The Labute approximate surface area is 171 Å². The summed E-state index contributed by atoms with van der Waals surface area (Å²) in [6.07, 6.45) is 7.04. The van der Waals surface area contributed by atoms with Crippen molar-refractivity contribution < 1.29 is 9.59 Å². The minimum atomic E-state index is -0.0828. The number of carbonyl (C=O) groups is 2. The van der Waals surface area contributed by atoms with Crippen LogP contribution in [0.25, 0.3) is 0 Å². The van der Waals surface area contributed by atoms with Gasteiger partial charge in [-0.15, -0.1) is 0 Å². The third kappa shape index (κ3) is 4.55. The van der Waals surface area contributed by atoms with Crippen LogP contribution in [0.15, 0.2) is 47.8 Å². The van der Waals surface area contributed by atoms with Gasteiger partial charge in [0.15, 0.2) is 0 Å². The maximum atomic E-state index is 12.7. The van der Waals surface area contributed by atoms with E-state index in [-0.39, 0.29) is 30.7 Å². The van der Waals surface area contributed by atoms with E-state index in [1.54, 1.807) is 0 Å². The average molecular weight is 393 g/mol. The number of amides is 2. The predicted molar refractivity (Wildman–Crippen MR) is 110 cm³/mol. The normalized spacial score (nSPS) is 19.3. The van der Waals surface area contributed by atoms with Gasteiger partial charge in [0.2, 0.25) is 11.8 Å². The van der Waals surface area contributed by atoms with Crippen LogP contribution in [0, 0.1) is 6.92 Å². The summed E-state index contributed by atoms with van der Waals surface area (Å²) < 4.78 is 1.96. The second kappa shape index (κ2) is 8.59. The highest BCUT2D eigenvalue weighted by Crippen LogP contribution is 2.22. The number of aryl methyl sites for hydroxylation is 1. The van der Waals surface area contributed by atoms with Gasteiger partial charge in [0.05, 0.1) is 24.5 Å². The third-order valence-electron chi connectivity index (χ3n) is 5.60. The fraction of sp³-hybridized carbons (Fsp3) is 0.455. The molecule has 152 valence electrons. The van der Waals surface area contributed by atoms with Crippen LogP contribution < -0.4 is 0 Å². The molecule has 2 amide bonds. The second-order valence-electron chi connectivity index (χ2n) is 7.81. The van der Waals surface area contributed by atoms with Gasteiger partial charge in [-0.3, -0.25) is 14.3 Å². The molecule has 0 aliphatic carbocycles.